The van der Waals surface area contributed by atoms with Crippen LogP contribution in [0.25, 0.3) is 0 Å². The molecule has 1 aromatic rings. The number of aliphatic hydroxyl groups is 1. The van der Waals surface area contributed by atoms with Crippen molar-refractivity contribution in [3.8, 4) is 0 Å². The van der Waals surface area contributed by atoms with E-state index in [1.807, 2.05) is 24.0 Å². The van der Waals surface area contributed by atoms with Crippen LogP contribution in [-0.4, -0.2) is 34.6 Å². The highest BCUT2D eigenvalue weighted by Gasteiger charge is 2.43. The first kappa shape index (κ1) is 14.4. The smallest absolute Gasteiger partial charge is 0.255 e. The van der Waals surface area contributed by atoms with E-state index in [2.05, 4.69) is 0 Å². The minimum atomic E-state index is -0.548. The molecule has 2 aliphatic rings. The summed E-state index contributed by atoms with van der Waals surface area (Å²) in [5.41, 5.74) is 7.61. The van der Waals surface area contributed by atoms with Gasteiger partial charge in [-0.1, -0.05) is 25.0 Å². The van der Waals surface area contributed by atoms with Gasteiger partial charge in [-0.25, -0.2) is 0 Å². The summed E-state index contributed by atoms with van der Waals surface area (Å²) < 4.78 is 0. The molecule has 0 spiro atoms. The van der Waals surface area contributed by atoms with Gasteiger partial charge in [0, 0.05) is 24.7 Å². The van der Waals surface area contributed by atoms with Crippen molar-refractivity contribution in [3.63, 3.8) is 0 Å². The van der Waals surface area contributed by atoms with Gasteiger partial charge in [-0.15, -0.1) is 0 Å². The van der Waals surface area contributed by atoms with Crippen LogP contribution in [0.15, 0.2) is 18.2 Å². The molecule has 1 aliphatic heterocycles. The summed E-state index contributed by atoms with van der Waals surface area (Å²) in [7, 11) is 0. The molecule has 0 bridgehead atoms. The monoisotopic (exact) mass is 288 g/mol. The van der Waals surface area contributed by atoms with Crippen LogP contribution in [0.5, 0.6) is 0 Å². The number of amides is 1. The summed E-state index contributed by atoms with van der Waals surface area (Å²) in [5.74, 6) is 0.221. The Morgan fingerprint density at radius 1 is 1.38 bits per heavy atom. The lowest BCUT2D eigenvalue weighted by Crippen LogP contribution is -2.54. The number of nitrogens with two attached hydrogens (primary N) is 1. The van der Waals surface area contributed by atoms with E-state index < -0.39 is 5.60 Å². The third-order valence-electron chi connectivity index (χ3n) is 5.27. The number of nitrogens with zero attached hydrogens (tertiary/aromatic N) is 1. The number of benzene rings is 1. The zero-order chi connectivity index (χ0) is 15.0. The lowest BCUT2D eigenvalue weighted by atomic mass is 9.71. The Morgan fingerprint density at radius 3 is 3.00 bits per heavy atom. The summed E-state index contributed by atoms with van der Waals surface area (Å²) >= 11 is 0. The van der Waals surface area contributed by atoms with Gasteiger partial charge in [0.15, 0.2) is 0 Å². The topological polar surface area (TPSA) is 66.6 Å². The first-order valence-electron chi connectivity index (χ1n) is 7.88. The standard InChI is InChI=1S/C17H24N2O2/c1-12-5-4-7-14(15(12)18)16(20)19-10-9-17(21)8-3-2-6-13(17)11-19/h4-5,7,13,21H,2-3,6,8-11,18H2,1H3. The maximum atomic E-state index is 12.7. The summed E-state index contributed by atoms with van der Waals surface area (Å²) in [4.78, 5) is 14.6. The van der Waals surface area contributed by atoms with Gasteiger partial charge < -0.3 is 15.7 Å². The highest BCUT2D eigenvalue weighted by atomic mass is 16.3. The van der Waals surface area contributed by atoms with Crippen LogP contribution in [0.4, 0.5) is 5.69 Å². The van der Waals surface area contributed by atoms with E-state index in [1.54, 1.807) is 6.07 Å². The fourth-order valence-corrected chi connectivity index (χ4v) is 3.79. The molecule has 4 nitrogen and oxygen atoms in total. The summed E-state index contributed by atoms with van der Waals surface area (Å²) in [5, 5.41) is 10.7. The van der Waals surface area contributed by atoms with Gasteiger partial charge in [0.1, 0.15) is 0 Å². The highest BCUT2D eigenvalue weighted by molar-refractivity contribution is 5.99. The van der Waals surface area contributed by atoms with Crippen molar-refractivity contribution in [1.82, 2.24) is 4.90 Å². The molecule has 2 atom stereocenters. The zero-order valence-electron chi connectivity index (χ0n) is 12.6. The third kappa shape index (κ3) is 2.53. The molecule has 2 fully saturated rings. The molecule has 21 heavy (non-hydrogen) atoms. The van der Waals surface area contributed by atoms with Crippen LogP contribution in [0.1, 0.15) is 48.0 Å². The second kappa shape index (κ2) is 5.34. The van der Waals surface area contributed by atoms with Gasteiger partial charge in [-0.2, -0.15) is 0 Å². The van der Waals surface area contributed by atoms with Gasteiger partial charge in [0.25, 0.3) is 5.91 Å². The van der Waals surface area contributed by atoms with Crippen LogP contribution in [-0.2, 0) is 0 Å². The maximum Gasteiger partial charge on any atom is 0.255 e. The van der Waals surface area contributed by atoms with Crippen molar-refractivity contribution in [2.24, 2.45) is 5.92 Å². The molecule has 3 N–H and O–H groups in total. The van der Waals surface area contributed by atoms with Crippen LogP contribution in [0.2, 0.25) is 0 Å². The number of hydrogen-bond donors (Lipinski definition) is 2. The Morgan fingerprint density at radius 2 is 2.19 bits per heavy atom. The predicted octanol–water partition coefficient (Wildman–Crippen LogP) is 2.34. The molecule has 1 aliphatic carbocycles. The van der Waals surface area contributed by atoms with Crippen LogP contribution >= 0.6 is 0 Å². The molecule has 2 unspecified atom stereocenters. The van der Waals surface area contributed by atoms with Crippen LogP contribution in [0.3, 0.4) is 0 Å². The Hall–Kier alpha value is -1.55. The molecular formula is C17H24N2O2. The van der Waals surface area contributed by atoms with Gasteiger partial charge in [-0.3, -0.25) is 4.79 Å². The summed E-state index contributed by atoms with van der Waals surface area (Å²) in [6.45, 7) is 3.20. The van der Waals surface area contributed by atoms with Crippen molar-refractivity contribution in [2.75, 3.05) is 18.8 Å². The van der Waals surface area contributed by atoms with Gasteiger partial charge in [0.2, 0.25) is 0 Å². The Labute approximate surface area is 125 Å². The number of nitrogen functional groups attached to an aromatic ring is 1. The average molecular weight is 288 g/mol. The van der Waals surface area contributed by atoms with E-state index >= 15 is 0 Å². The zero-order valence-corrected chi connectivity index (χ0v) is 12.6. The molecule has 114 valence electrons. The first-order valence-corrected chi connectivity index (χ1v) is 7.88. The van der Waals surface area contributed by atoms with Crippen molar-refractivity contribution in [3.05, 3.63) is 29.3 Å². The molecule has 1 amide bonds. The van der Waals surface area contributed by atoms with E-state index in [0.29, 0.717) is 30.8 Å². The molecule has 4 heteroatoms. The lowest BCUT2D eigenvalue weighted by Gasteiger charge is -2.47. The Kier molecular flexibility index (Phi) is 3.66. The number of fused-ring (bicyclic) bond motifs is 1. The molecule has 1 heterocycles. The number of carbonyl (C=O) groups is 1. The number of likely N-dealkylation sites (tertiary alicyclic amines) is 1. The van der Waals surface area contributed by atoms with Gasteiger partial charge in [0.05, 0.1) is 11.2 Å². The molecule has 1 saturated heterocycles. The molecule has 1 aromatic carbocycles. The quantitative estimate of drug-likeness (QED) is 0.780. The second-order valence-electron chi connectivity index (χ2n) is 6.58. The third-order valence-corrected chi connectivity index (χ3v) is 5.27. The number of aryl methyl sites for hydroxylation is 1. The predicted molar refractivity (Wildman–Crippen MR) is 83.0 cm³/mol. The van der Waals surface area contributed by atoms with Crippen LogP contribution < -0.4 is 5.73 Å². The van der Waals surface area contributed by atoms with E-state index in [0.717, 1.165) is 31.2 Å². The SMILES string of the molecule is Cc1cccc(C(=O)N2CCC3(O)CCCCC3C2)c1N. The Balaban J connectivity index is 1.79. The number of carbonyl (C=O) groups excluding carboxylic acids is 1. The molecule has 0 radical (unpaired) electrons. The maximum absolute atomic E-state index is 12.7. The molecule has 1 saturated carbocycles. The Bertz CT molecular complexity index is 558. The van der Waals surface area contributed by atoms with E-state index in [4.69, 9.17) is 5.73 Å². The van der Waals surface area contributed by atoms with Crippen molar-refractivity contribution < 1.29 is 9.90 Å². The second-order valence-corrected chi connectivity index (χ2v) is 6.58. The van der Waals surface area contributed by atoms with E-state index in [1.165, 1.54) is 0 Å². The van der Waals surface area contributed by atoms with Crippen LogP contribution in [0, 0.1) is 12.8 Å². The average Bonchev–Trinajstić information content (AvgIpc) is 2.48. The van der Waals surface area contributed by atoms with Crippen molar-refractivity contribution in [1.29, 1.82) is 0 Å². The first-order chi connectivity index (χ1) is 10.0. The van der Waals surface area contributed by atoms with Gasteiger partial charge >= 0.3 is 0 Å². The number of anilines is 1. The largest absolute Gasteiger partial charge is 0.398 e. The summed E-state index contributed by atoms with van der Waals surface area (Å²) in [6, 6.07) is 5.59. The lowest BCUT2D eigenvalue weighted by molar-refractivity contribution is -0.0886. The molecule has 3 rings (SSSR count). The number of para-hydroxylation sites is 1. The van der Waals surface area contributed by atoms with Crippen molar-refractivity contribution >= 4 is 11.6 Å². The number of piperidine rings is 1. The number of hydrogen-bond acceptors (Lipinski definition) is 3. The van der Waals surface area contributed by atoms with Gasteiger partial charge in [-0.05, 0) is 37.8 Å². The van der Waals surface area contributed by atoms with Crippen molar-refractivity contribution in [2.45, 2.75) is 44.6 Å². The minimum absolute atomic E-state index is 0.00354. The van der Waals surface area contributed by atoms with E-state index in [9.17, 15) is 9.90 Å². The minimum Gasteiger partial charge on any atom is -0.398 e. The normalized spacial score (nSPS) is 29.0. The highest BCUT2D eigenvalue weighted by Crippen LogP contribution is 2.40. The number of rotatable bonds is 1. The molecule has 0 aromatic heterocycles. The molecular weight excluding hydrogens is 264 g/mol. The summed E-state index contributed by atoms with van der Waals surface area (Å²) in [6.07, 6.45) is 4.85. The fourth-order valence-electron chi connectivity index (χ4n) is 3.79. The van der Waals surface area contributed by atoms with E-state index in [-0.39, 0.29) is 11.8 Å². The fraction of sp³-hybridized carbons (Fsp3) is 0.588.